The van der Waals surface area contributed by atoms with Crippen molar-refractivity contribution < 1.29 is 0 Å². The Bertz CT molecular complexity index is 505. The first-order valence-corrected chi connectivity index (χ1v) is 4.39. The Morgan fingerprint density at radius 2 is 2.36 bits per heavy atom. The number of aromatic nitrogens is 3. The van der Waals surface area contributed by atoms with Crippen molar-refractivity contribution in [3.05, 3.63) is 28.7 Å². The van der Waals surface area contributed by atoms with E-state index in [1.54, 1.807) is 12.3 Å². The summed E-state index contributed by atoms with van der Waals surface area (Å²) in [5, 5.41) is 3.80. The van der Waals surface area contributed by atoms with E-state index in [4.69, 9.17) is 0 Å². The van der Waals surface area contributed by atoms with E-state index < -0.39 is 0 Å². The van der Waals surface area contributed by atoms with Crippen LogP contribution < -0.4 is 10.9 Å². The van der Waals surface area contributed by atoms with Gasteiger partial charge in [0.2, 0.25) is 11.5 Å². The lowest BCUT2D eigenvalue weighted by Crippen LogP contribution is -2.07. The highest BCUT2D eigenvalue weighted by Crippen LogP contribution is 2.06. The number of pyridine rings is 1. The molecule has 0 unspecified atom stereocenters. The Morgan fingerprint density at radius 1 is 1.50 bits per heavy atom. The van der Waals surface area contributed by atoms with Gasteiger partial charge in [0, 0.05) is 24.2 Å². The third kappa shape index (κ3) is 1.56. The van der Waals surface area contributed by atoms with E-state index >= 15 is 0 Å². The maximum Gasteiger partial charge on any atom is 0.249 e. The molecule has 0 aliphatic carbocycles. The van der Waals surface area contributed by atoms with Crippen LogP contribution in [0.15, 0.2) is 23.1 Å². The van der Waals surface area contributed by atoms with Crippen molar-refractivity contribution in [1.29, 1.82) is 0 Å². The van der Waals surface area contributed by atoms with Gasteiger partial charge in [0.15, 0.2) is 0 Å². The SMILES string of the molecule is CCNc1ncc2ccc(=O)[nH]c2n1. The van der Waals surface area contributed by atoms with Crippen LogP contribution in [0, 0.1) is 0 Å². The Morgan fingerprint density at radius 3 is 3.14 bits per heavy atom. The van der Waals surface area contributed by atoms with Crippen LogP contribution in [0.5, 0.6) is 0 Å². The third-order valence-corrected chi connectivity index (χ3v) is 1.81. The van der Waals surface area contributed by atoms with Crippen molar-refractivity contribution in [3.8, 4) is 0 Å². The van der Waals surface area contributed by atoms with E-state index in [0.29, 0.717) is 11.6 Å². The standard InChI is InChI=1S/C9H10N4O/c1-2-10-9-11-5-6-3-4-7(14)12-8(6)13-9/h3-5H,2H2,1H3,(H2,10,11,12,13,14). The summed E-state index contributed by atoms with van der Waals surface area (Å²) < 4.78 is 0. The molecule has 0 amide bonds. The minimum Gasteiger partial charge on any atom is -0.354 e. The third-order valence-electron chi connectivity index (χ3n) is 1.81. The molecular weight excluding hydrogens is 180 g/mol. The maximum absolute atomic E-state index is 11.0. The fourth-order valence-corrected chi connectivity index (χ4v) is 1.18. The summed E-state index contributed by atoms with van der Waals surface area (Å²) in [5.41, 5.74) is 0.405. The molecule has 0 saturated heterocycles. The predicted molar refractivity (Wildman–Crippen MR) is 54.3 cm³/mol. The van der Waals surface area contributed by atoms with Crippen LogP contribution in [-0.2, 0) is 0 Å². The van der Waals surface area contributed by atoms with E-state index in [1.165, 1.54) is 6.07 Å². The molecule has 0 aromatic carbocycles. The lowest BCUT2D eigenvalue weighted by Gasteiger charge is -2.01. The molecule has 0 fully saturated rings. The highest BCUT2D eigenvalue weighted by atomic mass is 16.1. The molecule has 0 radical (unpaired) electrons. The summed E-state index contributed by atoms with van der Waals surface area (Å²) in [5.74, 6) is 0.529. The van der Waals surface area contributed by atoms with Crippen LogP contribution in [0.3, 0.4) is 0 Å². The molecule has 5 heteroatoms. The number of hydrogen-bond donors (Lipinski definition) is 2. The summed E-state index contributed by atoms with van der Waals surface area (Å²) in [6.45, 7) is 2.71. The maximum atomic E-state index is 11.0. The van der Waals surface area contributed by atoms with Gasteiger partial charge in [0.05, 0.1) is 0 Å². The van der Waals surface area contributed by atoms with Gasteiger partial charge < -0.3 is 10.3 Å². The minimum atomic E-state index is -0.154. The molecule has 2 aromatic heterocycles. The first-order valence-electron chi connectivity index (χ1n) is 4.39. The molecule has 0 saturated carbocycles. The minimum absolute atomic E-state index is 0.154. The zero-order valence-electron chi connectivity index (χ0n) is 7.74. The van der Waals surface area contributed by atoms with Crippen LogP contribution in [0.25, 0.3) is 11.0 Å². The summed E-state index contributed by atoms with van der Waals surface area (Å²) in [6.07, 6.45) is 1.68. The van der Waals surface area contributed by atoms with Crippen molar-refractivity contribution >= 4 is 17.0 Å². The largest absolute Gasteiger partial charge is 0.354 e. The summed E-state index contributed by atoms with van der Waals surface area (Å²) in [4.78, 5) is 21.9. The predicted octanol–water partition coefficient (Wildman–Crippen LogP) is 0.750. The van der Waals surface area contributed by atoms with Gasteiger partial charge in [0.1, 0.15) is 5.65 Å². The van der Waals surface area contributed by atoms with Gasteiger partial charge >= 0.3 is 0 Å². The van der Waals surface area contributed by atoms with Gasteiger partial charge in [-0.15, -0.1) is 0 Å². The second-order valence-electron chi connectivity index (χ2n) is 2.85. The molecule has 0 aliphatic rings. The first-order chi connectivity index (χ1) is 6.79. The fraction of sp³-hybridized carbons (Fsp3) is 0.222. The van der Waals surface area contributed by atoms with Crippen molar-refractivity contribution in [2.75, 3.05) is 11.9 Å². The molecule has 0 aliphatic heterocycles. The van der Waals surface area contributed by atoms with Crippen molar-refractivity contribution in [2.24, 2.45) is 0 Å². The molecule has 2 rings (SSSR count). The number of anilines is 1. The highest BCUT2D eigenvalue weighted by Gasteiger charge is 1.98. The second-order valence-corrected chi connectivity index (χ2v) is 2.85. The van der Waals surface area contributed by atoms with Crippen LogP contribution in [0.2, 0.25) is 0 Å². The molecule has 2 aromatic rings. The van der Waals surface area contributed by atoms with Crippen LogP contribution in [-0.4, -0.2) is 21.5 Å². The number of hydrogen-bond acceptors (Lipinski definition) is 4. The summed E-state index contributed by atoms with van der Waals surface area (Å²) in [6, 6.07) is 3.16. The highest BCUT2D eigenvalue weighted by molar-refractivity contribution is 5.74. The fourth-order valence-electron chi connectivity index (χ4n) is 1.18. The Balaban J connectivity index is 2.58. The first kappa shape index (κ1) is 8.68. The topological polar surface area (TPSA) is 70.7 Å². The van der Waals surface area contributed by atoms with Crippen molar-refractivity contribution in [3.63, 3.8) is 0 Å². The number of rotatable bonds is 2. The monoisotopic (exact) mass is 190 g/mol. The molecular formula is C9H10N4O. The van der Waals surface area contributed by atoms with Gasteiger partial charge in [-0.2, -0.15) is 4.98 Å². The lowest BCUT2D eigenvalue weighted by atomic mass is 10.3. The van der Waals surface area contributed by atoms with E-state index in [1.807, 2.05) is 6.92 Å². The molecule has 72 valence electrons. The number of H-pyrrole nitrogens is 1. The normalized spacial score (nSPS) is 10.4. The van der Waals surface area contributed by atoms with Crippen molar-refractivity contribution in [1.82, 2.24) is 15.0 Å². The van der Waals surface area contributed by atoms with Gasteiger partial charge in [-0.25, -0.2) is 4.98 Å². The van der Waals surface area contributed by atoms with Crippen molar-refractivity contribution in [2.45, 2.75) is 6.92 Å². The number of fused-ring (bicyclic) bond motifs is 1. The molecule has 2 heterocycles. The molecule has 14 heavy (non-hydrogen) atoms. The van der Waals surface area contributed by atoms with Gasteiger partial charge in [-0.05, 0) is 13.0 Å². The molecule has 0 atom stereocenters. The Labute approximate surface area is 80.2 Å². The Hall–Kier alpha value is -1.91. The van der Waals surface area contributed by atoms with E-state index in [9.17, 15) is 4.79 Å². The van der Waals surface area contributed by atoms with Crippen LogP contribution in [0.4, 0.5) is 5.95 Å². The van der Waals surface area contributed by atoms with Crippen LogP contribution >= 0.6 is 0 Å². The van der Waals surface area contributed by atoms with Crippen LogP contribution in [0.1, 0.15) is 6.92 Å². The zero-order valence-corrected chi connectivity index (χ0v) is 7.74. The molecule has 0 bridgehead atoms. The summed E-state index contributed by atoms with van der Waals surface area (Å²) >= 11 is 0. The molecule has 0 spiro atoms. The van der Waals surface area contributed by atoms with Gasteiger partial charge in [-0.1, -0.05) is 0 Å². The van der Waals surface area contributed by atoms with E-state index in [-0.39, 0.29) is 5.56 Å². The van der Waals surface area contributed by atoms with E-state index in [2.05, 4.69) is 20.3 Å². The number of nitrogens with zero attached hydrogens (tertiary/aromatic N) is 2. The summed E-state index contributed by atoms with van der Waals surface area (Å²) in [7, 11) is 0. The van der Waals surface area contributed by atoms with E-state index in [0.717, 1.165) is 11.9 Å². The average Bonchev–Trinajstić information content (AvgIpc) is 2.17. The van der Waals surface area contributed by atoms with Gasteiger partial charge in [0.25, 0.3) is 0 Å². The number of nitrogens with one attached hydrogen (secondary N) is 2. The molecule has 2 N–H and O–H groups in total. The van der Waals surface area contributed by atoms with Gasteiger partial charge in [-0.3, -0.25) is 4.79 Å². The smallest absolute Gasteiger partial charge is 0.249 e. The Kier molecular flexibility index (Phi) is 2.14. The number of aromatic amines is 1. The average molecular weight is 190 g/mol. The molecule has 5 nitrogen and oxygen atoms in total. The second kappa shape index (κ2) is 3.45. The lowest BCUT2D eigenvalue weighted by molar-refractivity contribution is 1.09. The quantitative estimate of drug-likeness (QED) is 0.733. The zero-order chi connectivity index (χ0) is 9.97.